The van der Waals surface area contributed by atoms with Gasteiger partial charge in [-0.2, -0.15) is 0 Å². The zero-order valence-electron chi connectivity index (χ0n) is 15.0. The van der Waals surface area contributed by atoms with E-state index >= 15 is 0 Å². The minimum Gasteiger partial charge on any atom is -0.352 e. The first kappa shape index (κ1) is 17.2. The van der Waals surface area contributed by atoms with Gasteiger partial charge in [-0.3, -0.25) is 4.79 Å². The summed E-state index contributed by atoms with van der Waals surface area (Å²) in [5.41, 5.74) is 4.67. The Morgan fingerprint density at radius 2 is 1.67 bits per heavy atom. The maximum Gasteiger partial charge on any atom is 0.260 e. The van der Waals surface area contributed by atoms with Crippen molar-refractivity contribution in [1.82, 2.24) is 4.98 Å². The summed E-state index contributed by atoms with van der Waals surface area (Å²) in [6, 6.07) is 15.9. The van der Waals surface area contributed by atoms with E-state index in [1.807, 2.05) is 67.8 Å². The quantitative estimate of drug-likeness (QED) is 0.711. The summed E-state index contributed by atoms with van der Waals surface area (Å²) in [4.78, 5) is 23.2. The molecule has 1 aromatic heterocycles. The van der Waals surface area contributed by atoms with Crippen molar-refractivity contribution in [3.63, 3.8) is 0 Å². The van der Waals surface area contributed by atoms with Crippen LogP contribution in [0, 0.1) is 13.8 Å². The van der Waals surface area contributed by atoms with Crippen LogP contribution >= 0.6 is 11.3 Å². The first-order valence-corrected chi connectivity index (χ1v) is 9.43. The molecule has 1 aliphatic rings. The standard InChI is InChI=1S/C21H18N4OS/c1-14-3-7-16(8-4-14)23-18-13-19(26)25(21-22-11-12-27-21)20(18)24-17-9-5-15(2)6-10-17/h3-13,23H,1-2H3. The molecule has 5 nitrogen and oxygen atoms in total. The van der Waals surface area contributed by atoms with Crippen LogP contribution in [0.4, 0.5) is 16.5 Å². The SMILES string of the molecule is Cc1ccc(N=C2C(Nc3ccc(C)cc3)=CC(=O)N2c2nccs2)cc1. The van der Waals surface area contributed by atoms with Crippen LogP contribution in [-0.4, -0.2) is 16.7 Å². The second-order valence-corrected chi connectivity index (χ2v) is 7.18. The summed E-state index contributed by atoms with van der Waals surface area (Å²) in [5, 5.41) is 5.76. The number of nitrogens with one attached hydrogen (secondary N) is 1. The fourth-order valence-electron chi connectivity index (χ4n) is 2.72. The van der Waals surface area contributed by atoms with Crippen molar-refractivity contribution in [2.45, 2.75) is 13.8 Å². The molecular weight excluding hydrogens is 356 g/mol. The van der Waals surface area contributed by atoms with Crippen LogP contribution in [0.5, 0.6) is 0 Å². The second-order valence-electron chi connectivity index (χ2n) is 6.31. The van der Waals surface area contributed by atoms with Gasteiger partial charge in [-0.1, -0.05) is 35.4 Å². The van der Waals surface area contributed by atoms with E-state index in [9.17, 15) is 4.79 Å². The highest BCUT2D eigenvalue weighted by Crippen LogP contribution is 2.28. The van der Waals surface area contributed by atoms with Crippen molar-refractivity contribution in [3.05, 3.63) is 83.0 Å². The van der Waals surface area contributed by atoms with Crippen molar-refractivity contribution in [2.75, 3.05) is 10.2 Å². The van der Waals surface area contributed by atoms with Gasteiger partial charge in [0.15, 0.2) is 11.0 Å². The maximum atomic E-state index is 12.7. The van der Waals surface area contributed by atoms with Crippen molar-refractivity contribution in [2.24, 2.45) is 4.99 Å². The zero-order valence-corrected chi connectivity index (χ0v) is 15.8. The van der Waals surface area contributed by atoms with E-state index in [2.05, 4.69) is 10.3 Å². The molecule has 4 rings (SSSR count). The van der Waals surface area contributed by atoms with Crippen molar-refractivity contribution >= 4 is 39.6 Å². The van der Waals surface area contributed by atoms with E-state index in [0.717, 1.165) is 16.9 Å². The van der Waals surface area contributed by atoms with E-state index in [0.29, 0.717) is 16.7 Å². The molecule has 27 heavy (non-hydrogen) atoms. The van der Waals surface area contributed by atoms with Gasteiger partial charge in [-0.25, -0.2) is 14.9 Å². The summed E-state index contributed by atoms with van der Waals surface area (Å²) < 4.78 is 0. The predicted octanol–water partition coefficient (Wildman–Crippen LogP) is 4.83. The highest BCUT2D eigenvalue weighted by atomic mass is 32.1. The molecule has 134 valence electrons. The number of aliphatic imine (C=N–C) groups is 1. The molecule has 0 spiro atoms. The number of hydrogen-bond donors (Lipinski definition) is 1. The van der Waals surface area contributed by atoms with E-state index in [1.165, 1.54) is 16.9 Å². The Bertz CT molecular complexity index is 1020. The Hall–Kier alpha value is -3.25. The van der Waals surface area contributed by atoms with Crippen LogP contribution in [0.25, 0.3) is 0 Å². The summed E-state index contributed by atoms with van der Waals surface area (Å²) >= 11 is 1.40. The second kappa shape index (κ2) is 7.17. The average molecular weight is 374 g/mol. The molecule has 1 aliphatic heterocycles. The summed E-state index contributed by atoms with van der Waals surface area (Å²) in [5.74, 6) is 0.379. The molecule has 1 amide bonds. The lowest BCUT2D eigenvalue weighted by atomic mass is 10.2. The summed E-state index contributed by atoms with van der Waals surface area (Å²) in [7, 11) is 0. The normalized spacial score (nSPS) is 15.3. The number of hydrogen-bond acceptors (Lipinski definition) is 5. The summed E-state index contributed by atoms with van der Waals surface area (Å²) in [6.07, 6.45) is 3.25. The minimum atomic E-state index is -0.162. The lowest BCUT2D eigenvalue weighted by Crippen LogP contribution is -2.32. The Balaban J connectivity index is 1.73. The van der Waals surface area contributed by atoms with Gasteiger partial charge < -0.3 is 5.32 Å². The number of rotatable bonds is 4. The molecule has 0 atom stereocenters. The number of thiazole rings is 1. The third-order valence-corrected chi connectivity index (χ3v) is 4.91. The number of aryl methyl sites for hydroxylation is 2. The van der Waals surface area contributed by atoms with Crippen molar-refractivity contribution < 1.29 is 4.79 Å². The number of anilines is 2. The van der Waals surface area contributed by atoms with Crippen LogP contribution in [-0.2, 0) is 4.79 Å². The van der Waals surface area contributed by atoms with Gasteiger partial charge in [0, 0.05) is 23.3 Å². The number of carbonyl (C=O) groups excluding carboxylic acids is 1. The number of aromatic nitrogens is 1. The predicted molar refractivity (Wildman–Crippen MR) is 111 cm³/mol. The molecule has 0 aliphatic carbocycles. The van der Waals surface area contributed by atoms with Gasteiger partial charge in [0.25, 0.3) is 5.91 Å². The third-order valence-electron chi connectivity index (χ3n) is 4.15. The first-order valence-electron chi connectivity index (χ1n) is 8.55. The van der Waals surface area contributed by atoms with Gasteiger partial charge in [-0.15, -0.1) is 11.3 Å². The van der Waals surface area contributed by atoms with Gasteiger partial charge in [0.1, 0.15) is 0 Å². The molecule has 3 aromatic rings. The molecular formula is C21H18N4OS. The molecule has 0 bridgehead atoms. The van der Waals surface area contributed by atoms with E-state index < -0.39 is 0 Å². The van der Waals surface area contributed by atoms with E-state index in [1.54, 1.807) is 17.2 Å². The van der Waals surface area contributed by atoms with Crippen molar-refractivity contribution in [3.8, 4) is 0 Å². The number of nitrogens with zero attached hydrogens (tertiary/aromatic N) is 3. The van der Waals surface area contributed by atoms with Crippen LogP contribution in [0.15, 0.2) is 76.9 Å². The fourth-order valence-corrected chi connectivity index (χ4v) is 3.37. The van der Waals surface area contributed by atoms with Crippen LogP contribution < -0.4 is 10.2 Å². The van der Waals surface area contributed by atoms with E-state index in [-0.39, 0.29) is 5.91 Å². The molecule has 2 aromatic carbocycles. The maximum absolute atomic E-state index is 12.7. The van der Waals surface area contributed by atoms with Crippen LogP contribution in [0.2, 0.25) is 0 Å². The highest BCUT2D eigenvalue weighted by molar-refractivity contribution is 7.14. The Labute approximate surface area is 161 Å². The Morgan fingerprint density at radius 1 is 1.00 bits per heavy atom. The lowest BCUT2D eigenvalue weighted by Gasteiger charge is -2.16. The largest absolute Gasteiger partial charge is 0.352 e. The monoisotopic (exact) mass is 374 g/mol. The van der Waals surface area contributed by atoms with Crippen LogP contribution in [0.3, 0.4) is 0 Å². The van der Waals surface area contributed by atoms with Gasteiger partial charge >= 0.3 is 0 Å². The molecule has 1 N–H and O–H groups in total. The molecule has 0 unspecified atom stereocenters. The number of benzene rings is 2. The molecule has 6 heteroatoms. The first-order chi connectivity index (χ1) is 13.1. The third kappa shape index (κ3) is 3.66. The topological polar surface area (TPSA) is 57.6 Å². The molecule has 0 saturated heterocycles. The summed E-state index contributed by atoms with van der Waals surface area (Å²) in [6.45, 7) is 4.07. The lowest BCUT2D eigenvalue weighted by molar-refractivity contribution is -0.113. The Kier molecular flexibility index (Phi) is 4.56. The number of amidine groups is 1. The minimum absolute atomic E-state index is 0.162. The Morgan fingerprint density at radius 3 is 2.30 bits per heavy atom. The smallest absolute Gasteiger partial charge is 0.260 e. The number of carbonyl (C=O) groups is 1. The van der Waals surface area contributed by atoms with Crippen molar-refractivity contribution in [1.29, 1.82) is 0 Å². The molecule has 0 radical (unpaired) electrons. The zero-order chi connectivity index (χ0) is 18.8. The molecule has 0 saturated carbocycles. The average Bonchev–Trinajstić information content (AvgIpc) is 3.27. The van der Waals surface area contributed by atoms with Gasteiger partial charge in [0.2, 0.25) is 0 Å². The highest BCUT2D eigenvalue weighted by Gasteiger charge is 2.32. The molecule has 0 fully saturated rings. The van der Waals surface area contributed by atoms with E-state index in [4.69, 9.17) is 4.99 Å². The van der Waals surface area contributed by atoms with Gasteiger partial charge in [-0.05, 0) is 38.1 Å². The number of amides is 1. The molecule has 2 heterocycles. The van der Waals surface area contributed by atoms with Gasteiger partial charge in [0.05, 0.1) is 11.4 Å². The fraction of sp³-hybridized carbons (Fsp3) is 0.0952. The van der Waals surface area contributed by atoms with Crippen LogP contribution in [0.1, 0.15) is 11.1 Å².